The SMILES string of the molecule is COc1ccc(CN)cc1CN1CCC(C(C)O)CC1. The Morgan fingerprint density at radius 2 is 2.10 bits per heavy atom. The van der Waals surface area contributed by atoms with E-state index in [4.69, 9.17) is 10.5 Å². The summed E-state index contributed by atoms with van der Waals surface area (Å²) >= 11 is 0. The number of piperidine rings is 1. The van der Waals surface area contributed by atoms with Crippen LogP contribution in [0.1, 0.15) is 30.9 Å². The highest BCUT2D eigenvalue weighted by Crippen LogP contribution is 2.25. The van der Waals surface area contributed by atoms with E-state index in [0.717, 1.165) is 43.8 Å². The van der Waals surface area contributed by atoms with E-state index >= 15 is 0 Å². The largest absolute Gasteiger partial charge is 0.496 e. The molecular formula is C16H26N2O2. The normalized spacial score (nSPS) is 19.0. The third-order valence-electron chi connectivity index (χ3n) is 4.29. The summed E-state index contributed by atoms with van der Waals surface area (Å²) in [6.45, 7) is 5.41. The highest BCUT2D eigenvalue weighted by Gasteiger charge is 2.23. The van der Waals surface area contributed by atoms with Crippen LogP contribution in [0.5, 0.6) is 5.75 Å². The standard InChI is InChI=1S/C16H26N2O2/c1-12(19)14-5-7-18(8-6-14)11-15-9-13(10-17)3-4-16(15)20-2/h3-4,9,12,14,19H,5-8,10-11,17H2,1-2H3. The number of likely N-dealkylation sites (tertiary alicyclic amines) is 1. The number of aliphatic hydroxyl groups excluding tert-OH is 1. The number of aliphatic hydroxyl groups is 1. The van der Waals surface area contributed by atoms with Crippen molar-refractivity contribution in [3.05, 3.63) is 29.3 Å². The predicted molar refractivity (Wildman–Crippen MR) is 80.6 cm³/mol. The van der Waals surface area contributed by atoms with Gasteiger partial charge < -0.3 is 15.6 Å². The number of ether oxygens (including phenoxy) is 1. The van der Waals surface area contributed by atoms with E-state index in [2.05, 4.69) is 11.0 Å². The van der Waals surface area contributed by atoms with E-state index in [1.54, 1.807) is 7.11 Å². The van der Waals surface area contributed by atoms with Crippen LogP contribution in [0.15, 0.2) is 18.2 Å². The van der Waals surface area contributed by atoms with Gasteiger partial charge in [-0.05, 0) is 56.5 Å². The van der Waals surface area contributed by atoms with Crippen molar-refractivity contribution in [2.75, 3.05) is 20.2 Å². The molecule has 0 spiro atoms. The minimum atomic E-state index is -0.188. The molecule has 0 aromatic heterocycles. The van der Waals surface area contributed by atoms with Crippen LogP contribution in [0.4, 0.5) is 0 Å². The molecule has 1 aliphatic heterocycles. The van der Waals surface area contributed by atoms with Crippen molar-refractivity contribution in [1.29, 1.82) is 0 Å². The Morgan fingerprint density at radius 1 is 1.40 bits per heavy atom. The minimum absolute atomic E-state index is 0.188. The monoisotopic (exact) mass is 278 g/mol. The lowest BCUT2D eigenvalue weighted by Crippen LogP contribution is -2.36. The summed E-state index contributed by atoms with van der Waals surface area (Å²) in [6.07, 6.45) is 1.94. The van der Waals surface area contributed by atoms with Gasteiger partial charge in [-0.15, -0.1) is 0 Å². The van der Waals surface area contributed by atoms with E-state index in [-0.39, 0.29) is 6.10 Å². The third kappa shape index (κ3) is 3.72. The topological polar surface area (TPSA) is 58.7 Å². The van der Waals surface area contributed by atoms with Crippen LogP contribution in [0.3, 0.4) is 0 Å². The molecule has 0 saturated carbocycles. The zero-order valence-electron chi connectivity index (χ0n) is 12.5. The van der Waals surface area contributed by atoms with Crippen molar-refractivity contribution in [3.8, 4) is 5.75 Å². The molecule has 2 rings (SSSR count). The first kappa shape index (κ1) is 15.3. The number of benzene rings is 1. The van der Waals surface area contributed by atoms with E-state index in [1.807, 2.05) is 19.1 Å². The fraction of sp³-hybridized carbons (Fsp3) is 0.625. The molecule has 0 bridgehead atoms. The summed E-state index contributed by atoms with van der Waals surface area (Å²) in [4.78, 5) is 2.43. The van der Waals surface area contributed by atoms with Crippen LogP contribution >= 0.6 is 0 Å². The summed E-state index contributed by atoms with van der Waals surface area (Å²) in [6, 6.07) is 6.15. The van der Waals surface area contributed by atoms with Crippen molar-refractivity contribution < 1.29 is 9.84 Å². The zero-order valence-corrected chi connectivity index (χ0v) is 12.5. The van der Waals surface area contributed by atoms with Crippen LogP contribution in [-0.2, 0) is 13.1 Å². The highest BCUT2D eigenvalue weighted by atomic mass is 16.5. The molecule has 20 heavy (non-hydrogen) atoms. The van der Waals surface area contributed by atoms with Gasteiger partial charge in [-0.2, -0.15) is 0 Å². The third-order valence-corrected chi connectivity index (χ3v) is 4.29. The van der Waals surface area contributed by atoms with Gasteiger partial charge in [0, 0.05) is 18.7 Å². The first-order valence-corrected chi connectivity index (χ1v) is 7.40. The zero-order chi connectivity index (χ0) is 14.5. The van der Waals surface area contributed by atoms with E-state index in [1.165, 1.54) is 5.56 Å². The Morgan fingerprint density at radius 3 is 2.65 bits per heavy atom. The maximum Gasteiger partial charge on any atom is 0.123 e. The van der Waals surface area contributed by atoms with E-state index in [9.17, 15) is 5.11 Å². The second-order valence-corrected chi connectivity index (χ2v) is 5.70. The molecule has 4 heteroatoms. The fourth-order valence-corrected chi connectivity index (χ4v) is 2.92. The summed E-state index contributed by atoms with van der Waals surface area (Å²) in [5.41, 5.74) is 8.05. The van der Waals surface area contributed by atoms with E-state index < -0.39 is 0 Å². The lowest BCUT2D eigenvalue weighted by Gasteiger charge is -2.33. The molecule has 0 aliphatic carbocycles. The molecule has 1 saturated heterocycles. The van der Waals surface area contributed by atoms with Gasteiger partial charge in [-0.1, -0.05) is 6.07 Å². The minimum Gasteiger partial charge on any atom is -0.496 e. The van der Waals surface area contributed by atoms with Gasteiger partial charge in [-0.25, -0.2) is 0 Å². The molecule has 1 heterocycles. The second kappa shape index (κ2) is 7.07. The summed E-state index contributed by atoms with van der Waals surface area (Å²) in [5, 5.41) is 9.65. The molecule has 4 nitrogen and oxygen atoms in total. The summed E-state index contributed by atoms with van der Waals surface area (Å²) in [5.74, 6) is 1.38. The Kier molecular flexibility index (Phi) is 5.40. The van der Waals surface area contributed by atoms with Crippen molar-refractivity contribution in [3.63, 3.8) is 0 Å². The van der Waals surface area contributed by atoms with Crippen molar-refractivity contribution in [2.24, 2.45) is 11.7 Å². The van der Waals surface area contributed by atoms with Crippen molar-refractivity contribution in [1.82, 2.24) is 4.90 Å². The van der Waals surface area contributed by atoms with Gasteiger partial charge in [0.05, 0.1) is 13.2 Å². The number of hydrogen-bond donors (Lipinski definition) is 2. The maximum atomic E-state index is 9.65. The quantitative estimate of drug-likeness (QED) is 0.861. The number of methoxy groups -OCH3 is 1. The first-order chi connectivity index (χ1) is 9.63. The van der Waals surface area contributed by atoms with Crippen molar-refractivity contribution in [2.45, 2.75) is 39.0 Å². The predicted octanol–water partition coefficient (Wildman–Crippen LogP) is 1.75. The van der Waals surface area contributed by atoms with Gasteiger partial charge in [0.15, 0.2) is 0 Å². The summed E-state index contributed by atoms with van der Waals surface area (Å²) in [7, 11) is 1.71. The maximum absolute atomic E-state index is 9.65. The molecule has 1 aromatic rings. The average molecular weight is 278 g/mol. The molecule has 112 valence electrons. The Labute approximate surface area is 121 Å². The van der Waals surface area contributed by atoms with Gasteiger partial charge >= 0.3 is 0 Å². The summed E-state index contributed by atoms with van der Waals surface area (Å²) < 4.78 is 5.44. The van der Waals surface area contributed by atoms with Crippen LogP contribution in [0, 0.1) is 5.92 Å². The molecule has 1 fully saturated rings. The van der Waals surface area contributed by atoms with Crippen LogP contribution in [0.2, 0.25) is 0 Å². The smallest absolute Gasteiger partial charge is 0.123 e. The number of rotatable bonds is 5. The Bertz CT molecular complexity index is 426. The highest BCUT2D eigenvalue weighted by molar-refractivity contribution is 5.37. The lowest BCUT2D eigenvalue weighted by molar-refractivity contribution is 0.0693. The van der Waals surface area contributed by atoms with Crippen molar-refractivity contribution >= 4 is 0 Å². The molecule has 1 aliphatic rings. The van der Waals surface area contributed by atoms with Crippen LogP contribution in [-0.4, -0.2) is 36.3 Å². The molecule has 0 radical (unpaired) electrons. The van der Waals surface area contributed by atoms with Gasteiger partial charge in [0.1, 0.15) is 5.75 Å². The molecule has 1 unspecified atom stereocenters. The number of hydrogen-bond acceptors (Lipinski definition) is 4. The van der Waals surface area contributed by atoms with E-state index in [0.29, 0.717) is 12.5 Å². The molecule has 1 atom stereocenters. The number of nitrogens with two attached hydrogens (primary N) is 1. The molecule has 1 aromatic carbocycles. The molecule has 0 amide bonds. The molecule has 3 N–H and O–H groups in total. The van der Waals surface area contributed by atoms with Gasteiger partial charge in [0.25, 0.3) is 0 Å². The fourth-order valence-electron chi connectivity index (χ4n) is 2.92. The van der Waals surface area contributed by atoms with Crippen LogP contribution in [0.25, 0.3) is 0 Å². The number of nitrogens with zero attached hydrogens (tertiary/aromatic N) is 1. The Hall–Kier alpha value is -1.10. The first-order valence-electron chi connectivity index (χ1n) is 7.40. The van der Waals surface area contributed by atoms with Gasteiger partial charge in [-0.3, -0.25) is 4.90 Å². The Balaban J connectivity index is 2.00. The van der Waals surface area contributed by atoms with Gasteiger partial charge in [0.2, 0.25) is 0 Å². The molecular weight excluding hydrogens is 252 g/mol. The lowest BCUT2D eigenvalue weighted by atomic mass is 9.92. The second-order valence-electron chi connectivity index (χ2n) is 5.70. The average Bonchev–Trinajstić information content (AvgIpc) is 2.47. The van der Waals surface area contributed by atoms with Crippen LogP contribution < -0.4 is 10.5 Å².